The molecule has 0 aromatic heterocycles. The summed E-state index contributed by atoms with van der Waals surface area (Å²) in [5.41, 5.74) is 1.45. The van der Waals surface area contributed by atoms with Gasteiger partial charge >= 0.3 is 0 Å². The van der Waals surface area contributed by atoms with Crippen molar-refractivity contribution in [3.8, 4) is 0 Å². The molecule has 1 fully saturated rings. The fourth-order valence-electron chi connectivity index (χ4n) is 2.77. The molecular weight excluding hydrogens is 234 g/mol. The maximum atomic E-state index is 4.19. The van der Waals surface area contributed by atoms with Gasteiger partial charge in [-0.05, 0) is 59.3 Å². The molecule has 19 heavy (non-hydrogen) atoms. The van der Waals surface area contributed by atoms with E-state index in [1.165, 1.54) is 38.0 Å². The summed E-state index contributed by atoms with van der Waals surface area (Å²) in [6.07, 6.45) is 2.71. The van der Waals surface area contributed by atoms with Crippen molar-refractivity contribution >= 4 is 0 Å². The number of likely N-dealkylation sites (tertiary alicyclic amines) is 1. The molecule has 112 valence electrons. The first-order chi connectivity index (χ1) is 8.81. The summed E-state index contributed by atoms with van der Waals surface area (Å²) in [6, 6.07) is 0.748. The van der Waals surface area contributed by atoms with Crippen LogP contribution in [0.4, 0.5) is 0 Å². The molecular formula is C16H33N3. The highest BCUT2D eigenvalue weighted by atomic mass is 15.2. The van der Waals surface area contributed by atoms with Gasteiger partial charge in [0, 0.05) is 31.2 Å². The van der Waals surface area contributed by atoms with E-state index in [2.05, 4.69) is 56.4 Å². The van der Waals surface area contributed by atoms with Crippen LogP contribution in [0.1, 0.15) is 40.5 Å². The lowest BCUT2D eigenvalue weighted by Gasteiger charge is -2.29. The Bertz CT molecular complexity index is 280. The van der Waals surface area contributed by atoms with E-state index in [-0.39, 0.29) is 5.54 Å². The molecule has 0 spiro atoms. The smallest absolute Gasteiger partial charge is 0.0223 e. The quantitative estimate of drug-likeness (QED) is 0.714. The molecule has 0 aliphatic carbocycles. The van der Waals surface area contributed by atoms with E-state index in [0.717, 1.165) is 19.1 Å². The maximum Gasteiger partial charge on any atom is 0.0223 e. The molecule has 0 saturated carbocycles. The number of likely N-dealkylation sites (N-methyl/N-ethyl adjacent to an activating group) is 2. The van der Waals surface area contributed by atoms with Crippen LogP contribution < -0.4 is 5.32 Å². The second kappa shape index (κ2) is 7.41. The average Bonchev–Trinajstić information content (AvgIpc) is 2.72. The highest BCUT2D eigenvalue weighted by molar-refractivity contribution is 5.01. The number of rotatable bonds is 7. The fraction of sp³-hybridized carbons (Fsp3) is 0.875. The molecule has 0 aromatic carbocycles. The second-order valence-corrected chi connectivity index (χ2v) is 6.97. The molecule has 1 rings (SSSR count). The van der Waals surface area contributed by atoms with Crippen molar-refractivity contribution in [3.63, 3.8) is 0 Å². The molecule has 1 saturated heterocycles. The third kappa shape index (κ3) is 6.55. The van der Waals surface area contributed by atoms with Gasteiger partial charge in [0.15, 0.2) is 0 Å². The van der Waals surface area contributed by atoms with Gasteiger partial charge in [0.05, 0.1) is 0 Å². The first-order valence-electron chi connectivity index (χ1n) is 7.66. The van der Waals surface area contributed by atoms with E-state index in [4.69, 9.17) is 0 Å². The highest BCUT2D eigenvalue weighted by Crippen LogP contribution is 2.17. The Labute approximate surface area is 120 Å². The van der Waals surface area contributed by atoms with Crippen molar-refractivity contribution in [2.24, 2.45) is 0 Å². The summed E-state index contributed by atoms with van der Waals surface area (Å²) in [5.74, 6) is 0. The van der Waals surface area contributed by atoms with Crippen LogP contribution in [-0.2, 0) is 0 Å². The van der Waals surface area contributed by atoms with E-state index in [0.29, 0.717) is 0 Å². The van der Waals surface area contributed by atoms with Crippen LogP contribution in [0.15, 0.2) is 12.2 Å². The van der Waals surface area contributed by atoms with Gasteiger partial charge in [-0.3, -0.25) is 4.90 Å². The van der Waals surface area contributed by atoms with Gasteiger partial charge < -0.3 is 10.2 Å². The molecule has 3 nitrogen and oxygen atoms in total. The first kappa shape index (κ1) is 16.7. The van der Waals surface area contributed by atoms with Gasteiger partial charge in [-0.2, -0.15) is 0 Å². The Morgan fingerprint density at radius 3 is 2.68 bits per heavy atom. The van der Waals surface area contributed by atoms with Crippen molar-refractivity contribution in [2.75, 3.05) is 39.8 Å². The minimum atomic E-state index is 0.173. The molecule has 1 aliphatic heterocycles. The topological polar surface area (TPSA) is 18.5 Å². The summed E-state index contributed by atoms with van der Waals surface area (Å²) in [4.78, 5) is 5.03. The maximum absolute atomic E-state index is 4.19. The van der Waals surface area contributed by atoms with Crippen molar-refractivity contribution in [3.05, 3.63) is 12.2 Å². The third-order valence-electron chi connectivity index (χ3n) is 3.79. The van der Waals surface area contributed by atoms with Gasteiger partial charge in [0.2, 0.25) is 0 Å². The largest absolute Gasteiger partial charge is 0.308 e. The van der Waals surface area contributed by atoms with Crippen molar-refractivity contribution in [1.82, 2.24) is 15.1 Å². The Balaban J connectivity index is 2.26. The van der Waals surface area contributed by atoms with Crippen LogP contribution in [0.5, 0.6) is 0 Å². The van der Waals surface area contributed by atoms with Gasteiger partial charge in [0.1, 0.15) is 0 Å². The standard InChI is InChI=1S/C16H33N3/c1-7-19-10-8-9-15(19)13-18(6)12-14(2)11-17-16(3,4)5/h15,17H,2,7-13H2,1,3-6H3. The van der Waals surface area contributed by atoms with Crippen LogP contribution in [0.25, 0.3) is 0 Å². The summed E-state index contributed by atoms with van der Waals surface area (Å²) < 4.78 is 0. The van der Waals surface area contributed by atoms with E-state index >= 15 is 0 Å². The van der Waals surface area contributed by atoms with Crippen LogP contribution in [-0.4, -0.2) is 61.2 Å². The zero-order valence-electron chi connectivity index (χ0n) is 13.6. The van der Waals surface area contributed by atoms with Crippen molar-refractivity contribution < 1.29 is 0 Å². The van der Waals surface area contributed by atoms with E-state index < -0.39 is 0 Å². The van der Waals surface area contributed by atoms with Crippen LogP contribution in [0.3, 0.4) is 0 Å². The molecule has 1 heterocycles. The summed E-state index contributed by atoms with van der Waals surface area (Å²) in [6.45, 7) is 18.6. The van der Waals surface area contributed by atoms with E-state index in [1.54, 1.807) is 0 Å². The average molecular weight is 267 g/mol. The Morgan fingerprint density at radius 2 is 2.11 bits per heavy atom. The van der Waals surface area contributed by atoms with Crippen LogP contribution >= 0.6 is 0 Å². The first-order valence-corrected chi connectivity index (χ1v) is 7.66. The van der Waals surface area contributed by atoms with E-state index in [1.807, 2.05) is 0 Å². The van der Waals surface area contributed by atoms with Gasteiger partial charge in [0.25, 0.3) is 0 Å². The lowest BCUT2D eigenvalue weighted by atomic mass is 10.1. The highest BCUT2D eigenvalue weighted by Gasteiger charge is 2.24. The van der Waals surface area contributed by atoms with Crippen LogP contribution in [0.2, 0.25) is 0 Å². The number of nitrogens with one attached hydrogen (secondary N) is 1. The Morgan fingerprint density at radius 1 is 1.42 bits per heavy atom. The molecule has 1 N–H and O–H groups in total. The molecule has 3 heteroatoms. The van der Waals surface area contributed by atoms with Crippen molar-refractivity contribution in [2.45, 2.75) is 52.1 Å². The molecule has 0 radical (unpaired) electrons. The van der Waals surface area contributed by atoms with Gasteiger partial charge in [-0.1, -0.05) is 13.5 Å². The molecule has 1 aliphatic rings. The summed E-state index contributed by atoms with van der Waals surface area (Å²) in [7, 11) is 2.22. The molecule has 0 bridgehead atoms. The number of nitrogens with zero attached hydrogens (tertiary/aromatic N) is 2. The van der Waals surface area contributed by atoms with Gasteiger partial charge in [-0.15, -0.1) is 0 Å². The number of hydrogen-bond acceptors (Lipinski definition) is 3. The van der Waals surface area contributed by atoms with E-state index in [9.17, 15) is 0 Å². The zero-order valence-corrected chi connectivity index (χ0v) is 13.6. The second-order valence-electron chi connectivity index (χ2n) is 6.97. The van der Waals surface area contributed by atoms with Gasteiger partial charge in [-0.25, -0.2) is 0 Å². The lowest BCUT2D eigenvalue weighted by molar-refractivity contribution is 0.205. The molecule has 1 atom stereocenters. The Kier molecular flexibility index (Phi) is 6.51. The monoisotopic (exact) mass is 267 g/mol. The summed E-state index contributed by atoms with van der Waals surface area (Å²) in [5, 5.41) is 3.50. The minimum absolute atomic E-state index is 0.173. The molecule has 0 amide bonds. The summed E-state index contributed by atoms with van der Waals surface area (Å²) >= 11 is 0. The zero-order chi connectivity index (χ0) is 14.5. The minimum Gasteiger partial charge on any atom is -0.308 e. The van der Waals surface area contributed by atoms with Crippen LogP contribution in [0, 0.1) is 0 Å². The third-order valence-corrected chi connectivity index (χ3v) is 3.79. The molecule has 0 aromatic rings. The molecule has 1 unspecified atom stereocenters. The fourth-order valence-corrected chi connectivity index (χ4v) is 2.77. The lowest BCUT2D eigenvalue weighted by Crippen LogP contribution is -2.41. The number of hydrogen-bond donors (Lipinski definition) is 1. The van der Waals surface area contributed by atoms with Crippen molar-refractivity contribution in [1.29, 1.82) is 0 Å². The predicted octanol–water partition coefficient (Wildman–Crippen LogP) is 2.35. The SMILES string of the molecule is C=C(CNC(C)(C)C)CN(C)CC1CCCN1CC. The predicted molar refractivity (Wildman–Crippen MR) is 84.7 cm³/mol. The Hall–Kier alpha value is -0.380. The normalized spacial score (nSPS) is 21.3.